The summed E-state index contributed by atoms with van der Waals surface area (Å²) in [7, 11) is 1.56. The highest BCUT2D eigenvalue weighted by Crippen LogP contribution is 2.37. The number of methoxy groups -OCH3 is 1. The summed E-state index contributed by atoms with van der Waals surface area (Å²) in [5.74, 6) is 0. The number of hydroxylamine groups is 2. The molecule has 0 spiro atoms. The molecule has 0 amide bonds. The predicted molar refractivity (Wildman–Crippen MR) is 68.6 cm³/mol. The lowest BCUT2D eigenvalue weighted by molar-refractivity contribution is -0.262. The molecule has 0 unspecified atom stereocenters. The molecule has 1 atom stereocenters. The van der Waals surface area contributed by atoms with Crippen LogP contribution in [0.4, 0.5) is 0 Å². The van der Waals surface area contributed by atoms with Gasteiger partial charge in [0.2, 0.25) is 0 Å². The monoisotopic (exact) mass is 261 g/mol. The van der Waals surface area contributed by atoms with Crippen LogP contribution in [-0.4, -0.2) is 59.0 Å². The van der Waals surface area contributed by atoms with Gasteiger partial charge in [-0.15, -0.1) is 0 Å². The van der Waals surface area contributed by atoms with E-state index in [0.717, 1.165) is 12.8 Å². The average molecular weight is 261 g/mol. The van der Waals surface area contributed by atoms with Crippen molar-refractivity contribution >= 4 is 0 Å². The van der Waals surface area contributed by atoms with Crippen molar-refractivity contribution < 1.29 is 19.8 Å². The summed E-state index contributed by atoms with van der Waals surface area (Å²) in [6, 6.07) is 0. The van der Waals surface area contributed by atoms with Gasteiger partial charge in [-0.1, -0.05) is 0 Å². The fourth-order valence-corrected chi connectivity index (χ4v) is 2.78. The number of hydrogen-bond acceptors (Lipinski definition) is 5. The SMILES string of the molecule is COC[C@H](O)COC1CC(C)(C)N(O)C(C)(C)C1. The first kappa shape index (κ1) is 15.9. The number of nitrogens with zero attached hydrogens (tertiary/aromatic N) is 1. The van der Waals surface area contributed by atoms with Gasteiger partial charge in [-0.3, -0.25) is 0 Å². The van der Waals surface area contributed by atoms with Crippen molar-refractivity contribution in [2.75, 3.05) is 20.3 Å². The second kappa shape index (κ2) is 5.84. The Morgan fingerprint density at radius 1 is 1.17 bits per heavy atom. The lowest BCUT2D eigenvalue weighted by Gasteiger charge is -2.51. The maximum absolute atomic E-state index is 10.2. The van der Waals surface area contributed by atoms with Crippen LogP contribution in [-0.2, 0) is 9.47 Å². The first-order valence-corrected chi connectivity index (χ1v) is 6.47. The standard InChI is InChI=1S/C13H27NO4/c1-12(2)6-11(7-13(3,4)14(12)16)18-9-10(15)8-17-5/h10-11,15-16H,6-9H2,1-5H3/t10-/m0/s1. The van der Waals surface area contributed by atoms with E-state index in [-0.39, 0.29) is 30.4 Å². The summed E-state index contributed by atoms with van der Waals surface area (Å²) >= 11 is 0. The van der Waals surface area contributed by atoms with E-state index in [0.29, 0.717) is 0 Å². The van der Waals surface area contributed by atoms with Crippen molar-refractivity contribution in [2.45, 2.75) is 63.8 Å². The molecule has 1 heterocycles. The number of ether oxygens (including phenoxy) is 2. The van der Waals surface area contributed by atoms with Crippen LogP contribution in [0.5, 0.6) is 0 Å². The number of aliphatic hydroxyl groups is 1. The molecule has 5 nitrogen and oxygen atoms in total. The Hall–Kier alpha value is -0.200. The Morgan fingerprint density at radius 3 is 2.11 bits per heavy atom. The summed E-state index contributed by atoms with van der Waals surface area (Å²) in [5.41, 5.74) is -0.642. The summed E-state index contributed by atoms with van der Waals surface area (Å²) in [5, 5.41) is 21.2. The number of aliphatic hydroxyl groups excluding tert-OH is 1. The molecule has 0 radical (unpaired) electrons. The summed E-state index contributed by atoms with van der Waals surface area (Å²) in [4.78, 5) is 0. The maximum Gasteiger partial charge on any atom is 0.101 e. The first-order valence-electron chi connectivity index (χ1n) is 6.47. The van der Waals surface area contributed by atoms with Gasteiger partial charge in [-0.2, -0.15) is 5.06 Å². The largest absolute Gasteiger partial charge is 0.388 e. The summed E-state index contributed by atoms with van der Waals surface area (Å²) < 4.78 is 10.6. The molecule has 0 bridgehead atoms. The zero-order valence-corrected chi connectivity index (χ0v) is 12.1. The highest BCUT2D eigenvalue weighted by Gasteiger charge is 2.45. The molecule has 1 fully saturated rings. The van der Waals surface area contributed by atoms with Crippen LogP contribution < -0.4 is 0 Å². The van der Waals surface area contributed by atoms with Gasteiger partial charge in [0.25, 0.3) is 0 Å². The van der Waals surface area contributed by atoms with Crippen molar-refractivity contribution in [3.8, 4) is 0 Å². The van der Waals surface area contributed by atoms with E-state index in [2.05, 4.69) is 0 Å². The van der Waals surface area contributed by atoms with Gasteiger partial charge in [0, 0.05) is 18.2 Å². The minimum absolute atomic E-state index is 0.0462. The fraction of sp³-hybridized carbons (Fsp3) is 1.00. The molecule has 5 heteroatoms. The first-order chi connectivity index (χ1) is 8.19. The molecular weight excluding hydrogens is 234 g/mol. The van der Waals surface area contributed by atoms with E-state index in [1.165, 1.54) is 5.06 Å². The number of hydrogen-bond donors (Lipinski definition) is 2. The number of rotatable bonds is 5. The molecule has 1 saturated heterocycles. The van der Waals surface area contributed by atoms with Crippen LogP contribution in [0.1, 0.15) is 40.5 Å². The Morgan fingerprint density at radius 2 is 1.67 bits per heavy atom. The molecule has 1 rings (SSSR count). The van der Waals surface area contributed by atoms with Gasteiger partial charge in [0.1, 0.15) is 6.10 Å². The van der Waals surface area contributed by atoms with E-state index in [9.17, 15) is 10.3 Å². The van der Waals surface area contributed by atoms with E-state index in [1.54, 1.807) is 7.11 Å². The molecule has 2 N–H and O–H groups in total. The van der Waals surface area contributed by atoms with Crippen LogP contribution >= 0.6 is 0 Å². The van der Waals surface area contributed by atoms with Crippen molar-refractivity contribution in [1.29, 1.82) is 0 Å². The molecule has 108 valence electrons. The summed E-state index contributed by atoms with van der Waals surface area (Å²) in [6.45, 7) is 8.54. The minimum Gasteiger partial charge on any atom is -0.388 e. The normalized spacial score (nSPS) is 26.2. The minimum atomic E-state index is -0.589. The van der Waals surface area contributed by atoms with Crippen molar-refractivity contribution in [2.24, 2.45) is 0 Å². The van der Waals surface area contributed by atoms with Crippen molar-refractivity contribution in [3.05, 3.63) is 0 Å². The summed E-state index contributed by atoms with van der Waals surface area (Å²) in [6.07, 6.45) is 0.942. The third-order valence-corrected chi connectivity index (χ3v) is 3.48. The zero-order chi connectivity index (χ0) is 14.0. The molecule has 0 saturated carbocycles. The third kappa shape index (κ3) is 3.90. The second-order valence-corrected chi connectivity index (χ2v) is 6.41. The van der Waals surface area contributed by atoms with Crippen LogP contribution in [0.3, 0.4) is 0 Å². The molecule has 0 aromatic heterocycles. The van der Waals surface area contributed by atoms with Crippen molar-refractivity contribution in [1.82, 2.24) is 5.06 Å². The van der Waals surface area contributed by atoms with Gasteiger partial charge in [-0.05, 0) is 40.5 Å². The van der Waals surface area contributed by atoms with E-state index in [1.807, 2.05) is 27.7 Å². The van der Waals surface area contributed by atoms with Gasteiger partial charge in [-0.25, -0.2) is 0 Å². The lowest BCUT2D eigenvalue weighted by Crippen LogP contribution is -2.60. The highest BCUT2D eigenvalue weighted by molar-refractivity contribution is 4.96. The molecule has 0 aromatic rings. The highest BCUT2D eigenvalue weighted by atomic mass is 16.5. The van der Waals surface area contributed by atoms with Crippen molar-refractivity contribution in [3.63, 3.8) is 0 Å². The smallest absolute Gasteiger partial charge is 0.101 e. The maximum atomic E-state index is 10.2. The Balaban J connectivity index is 2.53. The van der Waals surface area contributed by atoms with E-state index < -0.39 is 6.10 Å². The fourth-order valence-electron chi connectivity index (χ4n) is 2.78. The topological polar surface area (TPSA) is 62.2 Å². The van der Waals surface area contributed by atoms with Crippen LogP contribution in [0.15, 0.2) is 0 Å². The molecule has 0 aromatic carbocycles. The van der Waals surface area contributed by atoms with Gasteiger partial charge in [0.15, 0.2) is 0 Å². The molecule has 1 aliphatic heterocycles. The Labute approximate surface area is 110 Å². The average Bonchev–Trinajstić information content (AvgIpc) is 2.23. The zero-order valence-electron chi connectivity index (χ0n) is 12.1. The van der Waals surface area contributed by atoms with E-state index in [4.69, 9.17) is 9.47 Å². The van der Waals surface area contributed by atoms with Crippen LogP contribution in [0.2, 0.25) is 0 Å². The molecule has 18 heavy (non-hydrogen) atoms. The van der Waals surface area contributed by atoms with Crippen LogP contribution in [0.25, 0.3) is 0 Å². The Kier molecular flexibility index (Phi) is 5.14. The second-order valence-electron chi connectivity index (χ2n) is 6.41. The van der Waals surface area contributed by atoms with Gasteiger partial charge in [0.05, 0.1) is 19.3 Å². The number of piperidine rings is 1. The third-order valence-electron chi connectivity index (χ3n) is 3.48. The quantitative estimate of drug-likeness (QED) is 0.783. The van der Waals surface area contributed by atoms with E-state index >= 15 is 0 Å². The molecule has 0 aliphatic carbocycles. The lowest BCUT2D eigenvalue weighted by atomic mass is 9.80. The predicted octanol–water partition coefficient (Wildman–Crippen LogP) is 1.42. The van der Waals surface area contributed by atoms with Gasteiger partial charge < -0.3 is 19.8 Å². The molecular formula is C13H27NO4. The molecule has 1 aliphatic rings. The van der Waals surface area contributed by atoms with Crippen LogP contribution in [0, 0.1) is 0 Å². The Bertz CT molecular complexity index is 250. The van der Waals surface area contributed by atoms with Gasteiger partial charge >= 0.3 is 0 Å².